The minimum Gasteiger partial charge on any atom is -0.306 e. The summed E-state index contributed by atoms with van der Waals surface area (Å²) in [5.41, 5.74) is 3.17. The Morgan fingerprint density at radius 2 is 2.11 bits per heavy atom. The van der Waals surface area contributed by atoms with E-state index in [0.717, 1.165) is 29.8 Å². The number of nitrogens with zero attached hydrogens (tertiary/aromatic N) is 2. The van der Waals surface area contributed by atoms with Gasteiger partial charge in [-0.2, -0.15) is 0 Å². The number of aryl methyl sites for hydroxylation is 1. The zero-order chi connectivity index (χ0) is 13.7. The van der Waals surface area contributed by atoms with Crippen LogP contribution in [-0.4, -0.2) is 16.5 Å². The molecule has 0 saturated carbocycles. The lowest BCUT2D eigenvalue weighted by Gasteiger charge is -2.20. The molecule has 0 aliphatic carbocycles. The summed E-state index contributed by atoms with van der Waals surface area (Å²) in [4.78, 5) is 8.40. The molecule has 0 aliphatic heterocycles. The Bertz CT molecular complexity index is 525. The molecule has 1 N–H and O–H groups in total. The van der Waals surface area contributed by atoms with E-state index in [-0.39, 0.29) is 6.04 Å². The largest absolute Gasteiger partial charge is 0.306 e. The summed E-state index contributed by atoms with van der Waals surface area (Å²) in [6, 6.07) is 6.12. The lowest BCUT2D eigenvalue weighted by atomic mass is 10.0. The SMILES string of the molecule is CCCNC(c1ccc(C)nc1)c1ccncc1Cl. The Morgan fingerprint density at radius 1 is 1.26 bits per heavy atom. The van der Waals surface area contributed by atoms with Crippen molar-refractivity contribution in [1.29, 1.82) is 0 Å². The van der Waals surface area contributed by atoms with Crippen LogP contribution >= 0.6 is 11.6 Å². The minimum atomic E-state index is 0.0588. The average Bonchev–Trinajstić information content (AvgIpc) is 2.43. The second-order valence-corrected chi connectivity index (χ2v) is 4.92. The van der Waals surface area contributed by atoms with E-state index in [1.54, 1.807) is 12.4 Å². The first kappa shape index (κ1) is 14.0. The maximum absolute atomic E-state index is 6.26. The van der Waals surface area contributed by atoms with Gasteiger partial charge in [0.05, 0.1) is 11.1 Å². The highest BCUT2D eigenvalue weighted by Gasteiger charge is 2.16. The summed E-state index contributed by atoms with van der Waals surface area (Å²) in [7, 11) is 0. The molecule has 19 heavy (non-hydrogen) atoms. The Hall–Kier alpha value is -1.45. The number of aromatic nitrogens is 2. The zero-order valence-corrected chi connectivity index (χ0v) is 12.0. The minimum absolute atomic E-state index is 0.0588. The fraction of sp³-hybridized carbons (Fsp3) is 0.333. The zero-order valence-electron chi connectivity index (χ0n) is 11.2. The van der Waals surface area contributed by atoms with E-state index in [9.17, 15) is 0 Å². The molecule has 0 aliphatic rings. The molecule has 3 nitrogen and oxygen atoms in total. The second-order valence-electron chi connectivity index (χ2n) is 4.52. The van der Waals surface area contributed by atoms with Crippen molar-refractivity contribution in [3.63, 3.8) is 0 Å². The first-order chi connectivity index (χ1) is 9.22. The van der Waals surface area contributed by atoms with Gasteiger partial charge in [-0.25, -0.2) is 0 Å². The molecular formula is C15H18ClN3. The Balaban J connectivity index is 2.35. The van der Waals surface area contributed by atoms with Gasteiger partial charge in [-0.1, -0.05) is 24.6 Å². The number of halogens is 1. The van der Waals surface area contributed by atoms with Crippen molar-refractivity contribution in [3.8, 4) is 0 Å². The summed E-state index contributed by atoms with van der Waals surface area (Å²) >= 11 is 6.26. The van der Waals surface area contributed by atoms with E-state index in [2.05, 4.69) is 28.3 Å². The Morgan fingerprint density at radius 3 is 2.74 bits per heavy atom. The van der Waals surface area contributed by atoms with Crippen LogP contribution in [0.1, 0.15) is 36.2 Å². The molecule has 0 bridgehead atoms. The molecule has 4 heteroatoms. The summed E-state index contributed by atoms with van der Waals surface area (Å²) in [6.07, 6.45) is 6.42. The molecule has 0 saturated heterocycles. The monoisotopic (exact) mass is 275 g/mol. The van der Waals surface area contributed by atoms with Gasteiger partial charge in [0.15, 0.2) is 0 Å². The number of hydrogen-bond donors (Lipinski definition) is 1. The quantitative estimate of drug-likeness (QED) is 0.907. The third kappa shape index (κ3) is 3.52. The lowest BCUT2D eigenvalue weighted by Crippen LogP contribution is -2.23. The molecule has 2 heterocycles. The fourth-order valence-electron chi connectivity index (χ4n) is 1.97. The molecule has 100 valence electrons. The van der Waals surface area contributed by atoms with E-state index in [0.29, 0.717) is 5.02 Å². The van der Waals surface area contributed by atoms with Gasteiger partial charge in [0, 0.05) is 24.3 Å². The molecule has 1 atom stereocenters. The third-order valence-electron chi connectivity index (χ3n) is 2.98. The summed E-state index contributed by atoms with van der Waals surface area (Å²) in [6.45, 7) is 5.06. The number of nitrogens with one attached hydrogen (secondary N) is 1. The second kappa shape index (κ2) is 6.64. The van der Waals surface area contributed by atoms with Crippen LogP contribution in [0.15, 0.2) is 36.8 Å². The molecular weight excluding hydrogens is 258 g/mol. The van der Waals surface area contributed by atoms with Crippen molar-refractivity contribution in [2.45, 2.75) is 26.3 Å². The predicted molar refractivity (Wildman–Crippen MR) is 78.4 cm³/mol. The summed E-state index contributed by atoms with van der Waals surface area (Å²) in [5, 5.41) is 4.19. The summed E-state index contributed by atoms with van der Waals surface area (Å²) in [5.74, 6) is 0. The van der Waals surface area contributed by atoms with E-state index >= 15 is 0 Å². The lowest BCUT2D eigenvalue weighted by molar-refractivity contribution is 0.596. The van der Waals surface area contributed by atoms with Gasteiger partial charge in [-0.15, -0.1) is 0 Å². The van der Waals surface area contributed by atoms with Crippen molar-refractivity contribution in [3.05, 3.63) is 58.6 Å². The van der Waals surface area contributed by atoms with Crippen molar-refractivity contribution >= 4 is 11.6 Å². The van der Waals surface area contributed by atoms with Crippen LogP contribution in [0.4, 0.5) is 0 Å². The Labute approximate surface area is 119 Å². The van der Waals surface area contributed by atoms with Crippen molar-refractivity contribution in [2.75, 3.05) is 6.54 Å². The molecule has 0 aromatic carbocycles. The number of hydrogen-bond acceptors (Lipinski definition) is 3. The first-order valence-corrected chi connectivity index (χ1v) is 6.85. The predicted octanol–water partition coefficient (Wildman–Crippen LogP) is 3.53. The molecule has 2 rings (SSSR count). The van der Waals surface area contributed by atoms with Gasteiger partial charge in [-0.3, -0.25) is 9.97 Å². The molecule has 0 radical (unpaired) electrons. The van der Waals surface area contributed by atoms with E-state index in [1.807, 2.05) is 25.3 Å². The molecule has 0 amide bonds. The van der Waals surface area contributed by atoms with E-state index in [4.69, 9.17) is 11.6 Å². The standard InChI is InChI=1S/C15H18ClN3/c1-3-7-18-15(12-5-4-11(2)19-9-12)13-6-8-17-10-14(13)16/h4-6,8-10,15,18H,3,7H2,1-2H3. The highest BCUT2D eigenvalue weighted by Crippen LogP contribution is 2.27. The number of pyridine rings is 2. The van der Waals surface area contributed by atoms with Crippen LogP contribution < -0.4 is 5.32 Å². The first-order valence-electron chi connectivity index (χ1n) is 6.47. The molecule has 2 aromatic rings. The third-order valence-corrected chi connectivity index (χ3v) is 3.30. The normalized spacial score (nSPS) is 12.4. The molecule has 0 fully saturated rings. The van der Waals surface area contributed by atoms with Crippen molar-refractivity contribution in [1.82, 2.24) is 15.3 Å². The van der Waals surface area contributed by atoms with E-state index in [1.165, 1.54) is 0 Å². The van der Waals surface area contributed by atoms with Gasteiger partial charge in [0.25, 0.3) is 0 Å². The van der Waals surface area contributed by atoms with Gasteiger partial charge in [-0.05, 0) is 43.1 Å². The fourth-order valence-corrected chi connectivity index (χ4v) is 2.19. The van der Waals surface area contributed by atoms with Gasteiger partial charge in [0.2, 0.25) is 0 Å². The van der Waals surface area contributed by atoms with Crippen LogP contribution in [0, 0.1) is 6.92 Å². The van der Waals surface area contributed by atoms with Crippen molar-refractivity contribution < 1.29 is 0 Å². The molecule has 2 aromatic heterocycles. The average molecular weight is 276 g/mol. The van der Waals surface area contributed by atoms with Crippen LogP contribution in [0.2, 0.25) is 5.02 Å². The van der Waals surface area contributed by atoms with Gasteiger partial charge < -0.3 is 5.32 Å². The molecule has 1 unspecified atom stereocenters. The summed E-state index contributed by atoms with van der Waals surface area (Å²) < 4.78 is 0. The smallest absolute Gasteiger partial charge is 0.0640 e. The van der Waals surface area contributed by atoms with Crippen LogP contribution in [0.5, 0.6) is 0 Å². The van der Waals surface area contributed by atoms with Gasteiger partial charge in [0.1, 0.15) is 0 Å². The highest BCUT2D eigenvalue weighted by molar-refractivity contribution is 6.31. The van der Waals surface area contributed by atoms with Crippen LogP contribution in [-0.2, 0) is 0 Å². The topological polar surface area (TPSA) is 37.8 Å². The maximum Gasteiger partial charge on any atom is 0.0640 e. The molecule has 0 spiro atoms. The number of rotatable bonds is 5. The van der Waals surface area contributed by atoms with Crippen LogP contribution in [0.25, 0.3) is 0 Å². The van der Waals surface area contributed by atoms with Crippen molar-refractivity contribution in [2.24, 2.45) is 0 Å². The van der Waals surface area contributed by atoms with E-state index < -0.39 is 0 Å². The maximum atomic E-state index is 6.26. The highest BCUT2D eigenvalue weighted by atomic mass is 35.5. The Kier molecular flexibility index (Phi) is 4.88. The van der Waals surface area contributed by atoms with Gasteiger partial charge >= 0.3 is 0 Å². The van der Waals surface area contributed by atoms with Crippen LogP contribution in [0.3, 0.4) is 0 Å².